The molecule has 0 atom stereocenters. The Hall–Kier alpha value is -2.60. The highest BCUT2D eigenvalue weighted by Gasteiger charge is 2.09. The summed E-state index contributed by atoms with van der Waals surface area (Å²) in [5.74, 6) is -1.03. The van der Waals surface area contributed by atoms with Crippen LogP contribution in [0.3, 0.4) is 0 Å². The van der Waals surface area contributed by atoms with Crippen LogP contribution >= 0.6 is 11.6 Å². The predicted octanol–water partition coefficient (Wildman–Crippen LogP) is 3.67. The topological polar surface area (TPSA) is 70.2 Å². The third-order valence-corrected chi connectivity index (χ3v) is 3.49. The molecule has 2 rings (SSSR count). The summed E-state index contributed by atoms with van der Waals surface area (Å²) in [7, 11) is 0. The highest BCUT2D eigenvalue weighted by molar-refractivity contribution is 6.31. The first kappa shape index (κ1) is 18.7. The molecule has 0 aliphatic heterocycles. The highest BCUT2D eigenvalue weighted by Crippen LogP contribution is 2.19. The largest absolute Gasteiger partial charge is 0.376 e. The van der Waals surface area contributed by atoms with E-state index in [9.17, 15) is 14.0 Å². The predicted molar refractivity (Wildman–Crippen MR) is 97.6 cm³/mol. The van der Waals surface area contributed by atoms with Crippen molar-refractivity contribution in [1.82, 2.24) is 5.32 Å². The van der Waals surface area contributed by atoms with E-state index < -0.39 is 5.82 Å². The molecule has 0 aliphatic rings. The number of nitrogens with one attached hydrogen (secondary N) is 3. The second-order valence-corrected chi connectivity index (χ2v) is 6.15. The van der Waals surface area contributed by atoms with Crippen molar-refractivity contribution < 1.29 is 14.0 Å². The number of benzene rings is 2. The van der Waals surface area contributed by atoms with E-state index in [1.807, 2.05) is 13.8 Å². The summed E-state index contributed by atoms with van der Waals surface area (Å²) in [6.45, 7) is 3.72. The lowest BCUT2D eigenvalue weighted by molar-refractivity contribution is -0.114. The number of hydrogen-bond donors (Lipinski definition) is 3. The molecule has 25 heavy (non-hydrogen) atoms. The maximum absolute atomic E-state index is 13.1. The van der Waals surface area contributed by atoms with Crippen molar-refractivity contribution in [2.45, 2.75) is 19.9 Å². The van der Waals surface area contributed by atoms with Crippen molar-refractivity contribution in [3.8, 4) is 0 Å². The van der Waals surface area contributed by atoms with Crippen molar-refractivity contribution in [2.24, 2.45) is 0 Å². The van der Waals surface area contributed by atoms with E-state index in [2.05, 4.69) is 16.0 Å². The molecule has 2 aromatic rings. The van der Waals surface area contributed by atoms with E-state index in [1.54, 1.807) is 24.3 Å². The number of hydrogen-bond acceptors (Lipinski definition) is 3. The molecule has 0 radical (unpaired) electrons. The molecule has 0 unspecified atom stereocenters. The Kier molecular flexibility index (Phi) is 6.36. The van der Waals surface area contributed by atoms with Gasteiger partial charge in [0.25, 0.3) is 5.91 Å². The molecule has 0 bridgehead atoms. The first-order valence-electron chi connectivity index (χ1n) is 7.75. The van der Waals surface area contributed by atoms with Gasteiger partial charge < -0.3 is 16.0 Å². The second kappa shape index (κ2) is 8.48. The Bertz CT molecular complexity index is 781. The highest BCUT2D eigenvalue weighted by atomic mass is 35.5. The van der Waals surface area contributed by atoms with Gasteiger partial charge in [0.15, 0.2) is 0 Å². The van der Waals surface area contributed by atoms with Crippen LogP contribution < -0.4 is 16.0 Å². The Balaban J connectivity index is 1.93. The zero-order valence-electron chi connectivity index (χ0n) is 13.9. The second-order valence-electron chi connectivity index (χ2n) is 5.74. The van der Waals surface area contributed by atoms with Gasteiger partial charge in [-0.3, -0.25) is 9.59 Å². The van der Waals surface area contributed by atoms with Crippen LogP contribution in [-0.4, -0.2) is 24.4 Å². The lowest BCUT2D eigenvalue weighted by Crippen LogP contribution is -2.30. The monoisotopic (exact) mass is 363 g/mol. The minimum atomic E-state index is -0.520. The van der Waals surface area contributed by atoms with Crippen LogP contribution in [0.15, 0.2) is 42.5 Å². The van der Waals surface area contributed by atoms with Gasteiger partial charge in [-0.05, 0) is 50.2 Å². The quantitative estimate of drug-likeness (QED) is 0.733. The van der Waals surface area contributed by atoms with Gasteiger partial charge in [-0.2, -0.15) is 0 Å². The van der Waals surface area contributed by atoms with E-state index in [0.29, 0.717) is 16.9 Å². The fourth-order valence-corrected chi connectivity index (χ4v) is 2.26. The molecule has 0 aliphatic carbocycles. The van der Waals surface area contributed by atoms with Gasteiger partial charge in [-0.25, -0.2) is 4.39 Å². The van der Waals surface area contributed by atoms with Crippen molar-refractivity contribution in [3.05, 3.63) is 58.9 Å². The van der Waals surface area contributed by atoms with Gasteiger partial charge in [0.1, 0.15) is 5.82 Å². The maximum Gasteiger partial charge on any atom is 0.251 e. The third kappa shape index (κ3) is 5.76. The van der Waals surface area contributed by atoms with Crippen LogP contribution in [0.4, 0.5) is 15.8 Å². The minimum Gasteiger partial charge on any atom is -0.376 e. The standard InChI is InChI=1S/C18H19ClFN3O2/c1-11(2)22-18(25)12-4-3-5-14(8-12)23-17(24)10-21-13-6-7-16(20)15(19)9-13/h3-9,11,21H,10H2,1-2H3,(H,22,25)(H,23,24). The first-order valence-corrected chi connectivity index (χ1v) is 8.12. The lowest BCUT2D eigenvalue weighted by atomic mass is 10.1. The molecule has 2 amide bonds. The maximum atomic E-state index is 13.1. The fourth-order valence-electron chi connectivity index (χ4n) is 2.08. The summed E-state index contributed by atoms with van der Waals surface area (Å²) in [6.07, 6.45) is 0. The van der Waals surface area contributed by atoms with Gasteiger partial charge in [0.05, 0.1) is 11.6 Å². The number of rotatable bonds is 6. The van der Waals surface area contributed by atoms with Crippen molar-refractivity contribution in [2.75, 3.05) is 17.2 Å². The normalized spacial score (nSPS) is 10.4. The van der Waals surface area contributed by atoms with E-state index >= 15 is 0 Å². The number of halogens is 2. The third-order valence-electron chi connectivity index (χ3n) is 3.20. The fraction of sp³-hybridized carbons (Fsp3) is 0.222. The Morgan fingerprint density at radius 3 is 2.56 bits per heavy atom. The van der Waals surface area contributed by atoms with E-state index in [-0.39, 0.29) is 29.4 Å². The van der Waals surface area contributed by atoms with Gasteiger partial charge in [-0.15, -0.1) is 0 Å². The number of carbonyl (C=O) groups is 2. The van der Waals surface area contributed by atoms with Crippen molar-refractivity contribution >= 4 is 34.8 Å². The van der Waals surface area contributed by atoms with Crippen LogP contribution in [0, 0.1) is 5.82 Å². The average Bonchev–Trinajstić information content (AvgIpc) is 2.55. The molecule has 0 spiro atoms. The minimum absolute atomic E-state index is 0.0192. The molecular formula is C18H19ClFN3O2. The molecule has 0 aromatic heterocycles. The molecule has 0 saturated carbocycles. The van der Waals surface area contributed by atoms with Crippen molar-refractivity contribution in [1.29, 1.82) is 0 Å². The van der Waals surface area contributed by atoms with Crippen LogP contribution in [0.5, 0.6) is 0 Å². The summed E-state index contributed by atoms with van der Waals surface area (Å²) in [5.41, 5.74) is 1.51. The van der Waals surface area contributed by atoms with Crippen molar-refractivity contribution in [3.63, 3.8) is 0 Å². The zero-order valence-corrected chi connectivity index (χ0v) is 14.7. The van der Waals surface area contributed by atoms with E-state index in [1.165, 1.54) is 18.2 Å². The van der Waals surface area contributed by atoms with Gasteiger partial charge in [0.2, 0.25) is 5.91 Å². The molecule has 0 heterocycles. The molecule has 3 N–H and O–H groups in total. The van der Waals surface area contributed by atoms with Crippen LogP contribution in [0.25, 0.3) is 0 Å². The first-order chi connectivity index (χ1) is 11.8. The molecule has 0 fully saturated rings. The van der Waals surface area contributed by atoms with Gasteiger partial charge in [-0.1, -0.05) is 17.7 Å². The number of amides is 2. The van der Waals surface area contributed by atoms with E-state index in [0.717, 1.165) is 0 Å². The average molecular weight is 364 g/mol. The molecular weight excluding hydrogens is 345 g/mol. The molecule has 132 valence electrons. The Morgan fingerprint density at radius 1 is 1.12 bits per heavy atom. The van der Waals surface area contributed by atoms with Gasteiger partial charge >= 0.3 is 0 Å². The summed E-state index contributed by atoms with van der Waals surface area (Å²) in [4.78, 5) is 24.0. The molecule has 7 heteroatoms. The smallest absolute Gasteiger partial charge is 0.251 e. The summed E-state index contributed by atoms with van der Waals surface area (Å²) >= 11 is 5.69. The van der Waals surface area contributed by atoms with Crippen LogP contribution in [-0.2, 0) is 4.79 Å². The SMILES string of the molecule is CC(C)NC(=O)c1cccc(NC(=O)CNc2ccc(F)c(Cl)c2)c1. The van der Waals surface area contributed by atoms with Crippen LogP contribution in [0.2, 0.25) is 5.02 Å². The van der Waals surface area contributed by atoms with E-state index in [4.69, 9.17) is 11.6 Å². The molecule has 0 saturated heterocycles. The number of anilines is 2. The van der Waals surface area contributed by atoms with Crippen LogP contribution in [0.1, 0.15) is 24.2 Å². The summed E-state index contributed by atoms with van der Waals surface area (Å²) in [5, 5.41) is 8.32. The number of carbonyl (C=O) groups excluding carboxylic acids is 2. The molecule has 2 aromatic carbocycles. The Labute approximate surface area is 150 Å². The zero-order chi connectivity index (χ0) is 18.4. The lowest BCUT2D eigenvalue weighted by Gasteiger charge is -2.11. The Morgan fingerprint density at radius 2 is 1.88 bits per heavy atom. The summed E-state index contributed by atoms with van der Waals surface area (Å²) in [6, 6.07) is 10.8. The summed E-state index contributed by atoms with van der Waals surface area (Å²) < 4.78 is 13.1. The van der Waals surface area contributed by atoms with Gasteiger partial charge in [0, 0.05) is 23.0 Å². The molecule has 5 nitrogen and oxygen atoms in total.